The first-order valence-corrected chi connectivity index (χ1v) is 4.63. The second kappa shape index (κ2) is 5.51. The Morgan fingerprint density at radius 2 is 2.25 bits per heavy atom. The summed E-state index contributed by atoms with van der Waals surface area (Å²) < 4.78 is 0. The number of nitrogens with zero attached hydrogens (tertiary/aromatic N) is 2. The quantitative estimate of drug-likeness (QED) is 0.588. The number of hydrazone groups is 1. The number of nitriles is 1. The summed E-state index contributed by atoms with van der Waals surface area (Å²) in [6.45, 7) is 1.65. The van der Waals surface area contributed by atoms with Crippen LogP contribution in [0.3, 0.4) is 0 Å². The Kier molecular flexibility index (Phi) is 4.04. The van der Waals surface area contributed by atoms with Gasteiger partial charge < -0.3 is 5.11 Å². The third kappa shape index (κ3) is 3.10. The number of nitrogens with one attached hydrogen (secondary N) is 1. The lowest BCUT2D eigenvalue weighted by atomic mass is 10.1. The van der Waals surface area contributed by atoms with Crippen LogP contribution in [0, 0.1) is 11.3 Å². The van der Waals surface area contributed by atoms with Gasteiger partial charge in [0.15, 0.2) is 0 Å². The Morgan fingerprint density at radius 3 is 2.88 bits per heavy atom. The second-order valence-corrected chi connectivity index (χ2v) is 3.08. The number of phenols is 1. The van der Waals surface area contributed by atoms with Gasteiger partial charge in [-0.05, 0) is 19.1 Å². The van der Waals surface area contributed by atoms with Gasteiger partial charge in [0.1, 0.15) is 12.2 Å². The van der Waals surface area contributed by atoms with E-state index in [1.54, 1.807) is 31.2 Å². The van der Waals surface area contributed by atoms with Crippen LogP contribution in [0.5, 0.6) is 5.75 Å². The van der Waals surface area contributed by atoms with Crippen molar-refractivity contribution in [3.63, 3.8) is 0 Å². The van der Waals surface area contributed by atoms with E-state index in [1.165, 1.54) is 6.07 Å². The molecule has 0 bridgehead atoms. The molecular weight excluding hydrogens is 206 g/mol. The maximum absolute atomic E-state index is 11.0. The monoisotopic (exact) mass is 217 g/mol. The van der Waals surface area contributed by atoms with E-state index in [1.807, 2.05) is 0 Å². The highest BCUT2D eigenvalue weighted by molar-refractivity contribution is 6.01. The number of hydrogen-bond acceptors (Lipinski definition) is 4. The predicted molar refractivity (Wildman–Crippen MR) is 58.7 cm³/mol. The normalized spacial score (nSPS) is 10.6. The lowest BCUT2D eigenvalue weighted by molar-refractivity contribution is -0.120. The molecule has 5 heteroatoms. The van der Waals surface area contributed by atoms with Gasteiger partial charge >= 0.3 is 0 Å². The number of benzene rings is 1. The van der Waals surface area contributed by atoms with Crippen molar-refractivity contribution in [2.45, 2.75) is 13.3 Å². The smallest absolute Gasteiger partial charge is 0.254 e. The molecule has 0 radical (unpaired) electrons. The van der Waals surface area contributed by atoms with E-state index in [0.717, 1.165) is 0 Å². The predicted octanol–water partition coefficient (Wildman–Crippen LogP) is 1.15. The third-order valence-corrected chi connectivity index (χ3v) is 1.88. The number of phenolic OH excluding ortho intramolecular Hbond substituents is 1. The molecule has 0 heterocycles. The second-order valence-electron chi connectivity index (χ2n) is 3.08. The molecular formula is C11H11N3O2. The fraction of sp³-hybridized carbons (Fsp3) is 0.182. The van der Waals surface area contributed by atoms with Crippen LogP contribution >= 0.6 is 0 Å². The number of rotatable bonds is 3. The Balaban J connectivity index is 2.75. The molecule has 1 aromatic rings. The highest BCUT2D eigenvalue weighted by Crippen LogP contribution is 2.15. The number of para-hydroxylation sites is 1. The van der Waals surface area contributed by atoms with Crippen LogP contribution in [0.1, 0.15) is 18.9 Å². The summed E-state index contributed by atoms with van der Waals surface area (Å²) in [5.41, 5.74) is 3.24. The maximum atomic E-state index is 11.0. The highest BCUT2D eigenvalue weighted by Gasteiger charge is 2.04. The lowest BCUT2D eigenvalue weighted by Crippen LogP contribution is -2.18. The van der Waals surface area contributed by atoms with Crippen LogP contribution in [-0.4, -0.2) is 16.7 Å². The van der Waals surface area contributed by atoms with Gasteiger partial charge in [-0.2, -0.15) is 10.4 Å². The molecule has 2 N–H and O–H groups in total. The van der Waals surface area contributed by atoms with Crippen molar-refractivity contribution in [1.29, 1.82) is 5.26 Å². The van der Waals surface area contributed by atoms with E-state index in [9.17, 15) is 9.90 Å². The molecule has 1 rings (SSSR count). The summed E-state index contributed by atoms with van der Waals surface area (Å²) in [6, 6.07) is 8.38. The van der Waals surface area contributed by atoms with Gasteiger partial charge in [0, 0.05) is 5.56 Å². The van der Waals surface area contributed by atoms with Gasteiger partial charge in [0.05, 0.1) is 11.8 Å². The molecule has 82 valence electrons. The van der Waals surface area contributed by atoms with Crippen LogP contribution < -0.4 is 5.43 Å². The van der Waals surface area contributed by atoms with E-state index < -0.39 is 5.91 Å². The zero-order chi connectivity index (χ0) is 12.0. The van der Waals surface area contributed by atoms with Gasteiger partial charge in [-0.1, -0.05) is 12.1 Å². The number of carbonyl (C=O) groups is 1. The number of aromatic hydroxyl groups is 1. The van der Waals surface area contributed by atoms with Crippen LogP contribution in [0.25, 0.3) is 0 Å². The third-order valence-electron chi connectivity index (χ3n) is 1.88. The topological polar surface area (TPSA) is 85.5 Å². The summed E-state index contributed by atoms with van der Waals surface area (Å²) in [5.74, 6) is -0.379. The van der Waals surface area contributed by atoms with Gasteiger partial charge in [-0.25, -0.2) is 5.43 Å². The first kappa shape index (κ1) is 11.7. The van der Waals surface area contributed by atoms with Crippen molar-refractivity contribution in [1.82, 2.24) is 5.43 Å². The molecule has 5 nitrogen and oxygen atoms in total. The van der Waals surface area contributed by atoms with Crippen molar-refractivity contribution in [2.75, 3.05) is 0 Å². The molecule has 0 aliphatic heterocycles. The molecule has 1 amide bonds. The van der Waals surface area contributed by atoms with Gasteiger partial charge in [-0.15, -0.1) is 0 Å². The van der Waals surface area contributed by atoms with E-state index in [2.05, 4.69) is 10.5 Å². The standard InChI is InChI=1S/C11H11N3O2/c1-8(13-14-11(16)6-7-12)9-4-2-3-5-10(9)15/h2-5,15H,6H2,1H3,(H,14,16)/b13-8-. The summed E-state index contributed by atoms with van der Waals surface area (Å²) in [4.78, 5) is 11.0. The van der Waals surface area contributed by atoms with Crippen molar-refractivity contribution in [3.8, 4) is 11.8 Å². The summed E-state index contributed by atoms with van der Waals surface area (Å²) in [7, 11) is 0. The van der Waals surface area contributed by atoms with Crippen molar-refractivity contribution >= 4 is 11.6 Å². The van der Waals surface area contributed by atoms with Gasteiger partial charge in [0.2, 0.25) is 0 Å². The molecule has 0 aliphatic rings. The molecule has 0 fully saturated rings. The zero-order valence-corrected chi connectivity index (χ0v) is 8.77. The first-order chi connectivity index (χ1) is 7.65. The van der Waals surface area contributed by atoms with Crippen LogP contribution in [0.4, 0.5) is 0 Å². The van der Waals surface area contributed by atoms with E-state index >= 15 is 0 Å². The number of carbonyl (C=O) groups excluding carboxylic acids is 1. The molecule has 1 aromatic carbocycles. The fourth-order valence-electron chi connectivity index (χ4n) is 1.10. The molecule has 0 atom stereocenters. The Morgan fingerprint density at radius 1 is 1.56 bits per heavy atom. The van der Waals surface area contributed by atoms with E-state index in [-0.39, 0.29) is 12.2 Å². The number of hydrogen-bond donors (Lipinski definition) is 2. The lowest BCUT2D eigenvalue weighted by Gasteiger charge is -2.03. The summed E-state index contributed by atoms with van der Waals surface area (Å²) in [6.07, 6.45) is -0.239. The van der Waals surface area contributed by atoms with E-state index in [0.29, 0.717) is 11.3 Å². The van der Waals surface area contributed by atoms with Crippen molar-refractivity contribution < 1.29 is 9.90 Å². The molecule has 0 aliphatic carbocycles. The first-order valence-electron chi connectivity index (χ1n) is 4.63. The average Bonchev–Trinajstić information content (AvgIpc) is 2.27. The molecule has 0 saturated heterocycles. The Hall–Kier alpha value is -2.35. The number of amides is 1. The minimum absolute atomic E-state index is 0.0956. The maximum Gasteiger partial charge on any atom is 0.254 e. The molecule has 16 heavy (non-hydrogen) atoms. The van der Waals surface area contributed by atoms with Crippen LogP contribution in [0.15, 0.2) is 29.4 Å². The Bertz CT molecular complexity index is 461. The van der Waals surface area contributed by atoms with Crippen LogP contribution in [-0.2, 0) is 4.79 Å². The van der Waals surface area contributed by atoms with Gasteiger partial charge in [-0.3, -0.25) is 4.79 Å². The average molecular weight is 217 g/mol. The molecule has 0 saturated carbocycles. The van der Waals surface area contributed by atoms with Crippen LogP contribution in [0.2, 0.25) is 0 Å². The highest BCUT2D eigenvalue weighted by atomic mass is 16.3. The fourth-order valence-corrected chi connectivity index (χ4v) is 1.10. The van der Waals surface area contributed by atoms with Crippen molar-refractivity contribution in [3.05, 3.63) is 29.8 Å². The minimum atomic E-state index is -0.475. The Labute approximate surface area is 93.0 Å². The SMILES string of the molecule is C/C(=N/NC(=O)CC#N)c1ccccc1O. The summed E-state index contributed by atoms with van der Waals surface area (Å²) >= 11 is 0. The molecule has 0 aromatic heterocycles. The van der Waals surface area contributed by atoms with Crippen molar-refractivity contribution in [2.24, 2.45) is 5.10 Å². The minimum Gasteiger partial charge on any atom is -0.507 e. The van der Waals surface area contributed by atoms with E-state index in [4.69, 9.17) is 5.26 Å². The molecule has 0 unspecified atom stereocenters. The zero-order valence-electron chi connectivity index (χ0n) is 8.77. The summed E-state index contributed by atoms with van der Waals surface area (Å²) in [5, 5.41) is 21.5. The van der Waals surface area contributed by atoms with Gasteiger partial charge in [0.25, 0.3) is 5.91 Å². The molecule has 0 spiro atoms. The largest absolute Gasteiger partial charge is 0.507 e.